The minimum atomic E-state index is -0.521. The monoisotopic (exact) mass is 243 g/mol. The molecule has 1 aliphatic carbocycles. The topological polar surface area (TPSA) is 55.5 Å². The standard InChI is InChI=1S/C14H29NO2/c1-10-5-6-13(7-11(10)2)17-12(3)8-14(4,15)9-16/h10-13,16H,5-9,15H2,1-4H3. The lowest BCUT2D eigenvalue weighted by atomic mass is 9.80. The first-order valence-electron chi connectivity index (χ1n) is 6.89. The van der Waals surface area contributed by atoms with Crippen molar-refractivity contribution in [2.45, 2.75) is 71.1 Å². The van der Waals surface area contributed by atoms with Gasteiger partial charge >= 0.3 is 0 Å². The van der Waals surface area contributed by atoms with Crippen LogP contribution in [-0.4, -0.2) is 29.5 Å². The van der Waals surface area contributed by atoms with Crippen LogP contribution in [-0.2, 0) is 4.74 Å². The van der Waals surface area contributed by atoms with Crippen LogP contribution in [0, 0.1) is 11.8 Å². The van der Waals surface area contributed by atoms with E-state index in [-0.39, 0.29) is 12.7 Å². The number of hydrogen-bond acceptors (Lipinski definition) is 3. The molecule has 0 saturated heterocycles. The van der Waals surface area contributed by atoms with Crippen LogP contribution in [0.3, 0.4) is 0 Å². The molecule has 0 radical (unpaired) electrons. The number of aliphatic hydroxyl groups is 1. The molecule has 0 amide bonds. The van der Waals surface area contributed by atoms with Crippen molar-refractivity contribution in [1.82, 2.24) is 0 Å². The van der Waals surface area contributed by atoms with E-state index in [4.69, 9.17) is 15.6 Å². The van der Waals surface area contributed by atoms with E-state index in [0.29, 0.717) is 12.5 Å². The quantitative estimate of drug-likeness (QED) is 0.779. The van der Waals surface area contributed by atoms with Crippen molar-refractivity contribution in [3.05, 3.63) is 0 Å². The highest BCUT2D eigenvalue weighted by Crippen LogP contribution is 2.32. The third kappa shape index (κ3) is 4.94. The van der Waals surface area contributed by atoms with Crippen molar-refractivity contribution in [2.24, 2.45) is 17.6 Å². The molecule has 0 aromatic carbocycles. The second-order valence-corrected chi connectivity index (χ2v) is 6.35. The van der Waals surface area contributed by atoms with E-state index < -0.39 is 5.54 Å². The minimum absolute atomic E-state index is 0.0127. The van der Waals surface area contributed by atoms with Gasteiger partial charge in [-0.1, -0.05) is 13.8 Å². The summed E-state index contributed by atoms with van der Waals surface area (Å²) in [5, 5.41) is 9.15. The molecule has 3 nitrogen and oxygen atoms in total. The number of aliphatic hydroxyl groups excluding tert-OH is 1. The third-order valence-electron chi connectivity index (χ3n) is 4.09. The van der Waals surface area contributed by atoms with Crippen LogP contribution in [0.2, 0.25) is 0 Å². The van der Waals surface area contributed by atoms with Crippen LogP contribution in [0.4, 0.5) is 0 Å². The Labute approximate surface area is 106 Å². The Morgan fingerprint density at radius 3 is 2.53 bits per heavy atom. The molecule has 17 heavy (non-hydrogen) atoms. The summed E-state index contributed by atoms with van der Waals surface area (Å²) in [5.41, 5.74) is 5.42. The van der Waals surface area contributed by atoms with Crippen LogP contribution in [0.15, 0.2) is 0 Å². The maximum absolute atomic E-state index is 9.15. The van der Waals surface area contributed by atoms with Crippen LogP contribution >= 0.6 is 0 Å². The van der Waals surface area contributed by atoms with Gasteiger partial charge in [0.05, 0.1) is 18.8 Å². The Morgan fingerprint density at radius 1 is 1.35 bits per heavy atom. The Balaban J connectivity index is 2.34. The summed E-state index contributed by atoms with van der Waals surface area (Å²) in [6.45, 7) is 8.58. The van der Waals surface area contributed by atoms with E-state index in [1.54, 1.807) is 0 Å². The molecule has 1 fully saturated rings. The summed E-state index contributed by atoms with van der Waals surface area (Å²) in [6, 6.07) is 0. The van der Waals surface area contributed by atoms with E-state index >= 15 is 0 Å². The number of rotatable bonds is 5. The van der Waals surface area contributed by atoms with E-state index in [1.807, 2.05) is 6.92 Å². The van der Waals surface area contributed by atoms with Crippen LogP contribution in [0.5, 0.6) is 0 Å². The summed E-state index contributed by atoms with van der Waals surface area (Å²) in [4.78, 5) is 0. The molecule has 102 valence electrons. The average molecular weight is 243 g/mol. The molecule has 0 aromatic heterocycles. The van der Waals surface area contributed by atoms with Crippen molar-refractivity contribution in [3.8, 4) is 0 Å². The maximum atomic E-state index is 9.15. The predicted molar refractivity (Wildman–Crippen MR) is 70.8 cm³/mol. The van der Waals surface area contributed by atoms with Crippen molar-refractivity contribution < 1.29 is 9.84 Å². The van der Waals surface area contributed by atoms with Crippen LogP contribution in [0.25, 0.3) is 0 Å². The van der Waals surface area contributed by atoms with Gasteiger partial charge in [-0.25, -0.2) is 0 Å². The molecule has 5 unspecified atom stereocenters. The van der Waals surface area contributed by atoms with Gasteiger partial charge in [-0.2, -0.15) is 0 Å². The van der Waals surface area contributed by atoms with Crippen molar-refractivity contribution in [3.63, 3.8) is 0 Å². The third-order valence-corrected chi connectivity index (χ3v) is 4.09. The fourth-order valence-electron chi connectivity index (χ4n) is 2.72. The summed E-state index contributed by atoms with van der Waals surface area (Å²) < 4.78 is 6.06. The van der Waals surface area contributed by atoms with Crippen molar-refractivity contribution in [2.75, 3.05) is 6.61 Å². The predicted octanol–water partition coefficient (Wildman–Crippen LogP) is 2.32. The molecule has 0 heterocycles. The first kappa shape index (κ1) is 14.9. The maximum Gasteiger partial charge on any atom is 0.0609 e. The van der Waals surface area contributed by atoms with E-state index in [2.05, 4.69) is 20.8 Å². The molecular formula is C14H29NO2. The van der Waals surface area contributed by atoms with Gasteiger partial charge in [-0.15, -0.1) is 0 Å². The van der Waals surface area contributed by atoms with Gasteiger partial charge in [0.15, 0.2) is 0 Å². The number of hydrogen-bond donors (Lipinski definition) is 2. The zero-order valence-corrected chi connectivity index (χ0v) is 11.8. The number of nitrogens with two attached hydrogens (primary N) is 1. The summed E-state index contributed by atoms with van der Waals surface area (Å²) in [6.07, 6.45) is 4.80. The molecule has 5 atom stereocenters. The Bertz CT molecular complexity index is 230. The smallest absolute Gasteiger partial charge is 0.0609 e. The Kier molecular flexibility index (Phi) is 5.42. The van der Waals surface area contributed by atoms with Crippen molar-refractivity contribution >= 4 is 0 Å². The highest BCUT2D eigenvalue weighted by Gasteiger charge is 2.28. The minimum Gasteiger partial charge on any atom is -0.394 e. The summed E-state index contributed by atoms with van der Waals surface area (Å²) in [5.74, 6) is 1.57. The fraction of sp³-hybridized carbons (Fsp3) is 1.00. The van der Waals surface area contributed by atoms with E-state index in [1.165, 1.54) is 6.42 Å². The largest absolute Gasteiger partial charge is 0.394 e. The molecule has 1 saturated carbocycles. The van der Waals surface area contributed by atoms with E-state index in [9.17, 15) is 0 Å². The normalized spacial score (nSPS) is 35.3. The van der Waals surface area contributed by atoms with Gasteiger partial charge in [-0.3, -0.25) is 0 Å². The van der Waals surface area contributed by atoms with Crippen LogP contribution in [0.1, 0.15) is 53.4 Å². The van der Waals surface area contributed by atoms with Gasteiger partial charge < -0.3 is 15.6 Å². The zero-order chi connectivity index (χ0) is 13.1. The second kappa shape index (κ2) is 6.17. The SMILES string of the molecule is CC(CC(C)(N)CO)OC1CCC(C)C(C)C1. The molecular weight excluding hydrogens is 214 g/mol. The number of ether oxygens (including phenoxy) is 1. The van der Waals surface area contributed by atoms with Gasteiger partial charge in [-0.05, 0) is 51.4 Å². The summed E-state index contributed by atoms with van der Waals surface area (Å²) in [7, 11) is 0. The highest BCUT2D eigenvalue weighted by atomic mass is 16.5. The lowest BCUT2D eigenvalue weighted by molar-refractivity contribution is -0.0516. The molecule has 0 aromatic rings. The Hall–Kier alpha value is -0.120. The molecule has 0 spiro atoms. The Morgan fingerprint density at radius 2 is 2.00 bits per heavy atom. The fourth-order valence-corrected chi connectivity index (χ4v) is 2.72. The first-order valence-corrected chi connectivity index (χ1v) is 6.89. The first-order chi connectivity index (χ1) is 7.84. The molecule has 0 bridgehead atoms. The average Bonchev–Trinajstić information content (AvgIpc) is 2.23. The van der Waals surface area contributed by atoms with Crippen LogP contribution < -0.4 is 5.73 Å². The molecule has 3 heteroatoms. The molecule has 1 rings (SSSR count). The molecule has 0 aliphatic heterocycles. The van der Waals surface area contributed by atoms with Gasteiger partial charge in [0.1, 0.15) is 0 Å². The molecule has 1 aliphatic rings. The lowest BCUT2D eigenvalue weighted by Crippen LogP contribution is -2.44. The summed E-state index contributed by atoms with van der Waals surface area (Å²) >= 11 is 0. The zero-order valence-electron chi connectivity index (χ0n) is 11.8. The van der Waals surface area contributed by atoms with Crippen molar-refractivity contribution in [1.29, 1.82) is 0 Å². The highest BCUT2D eigenvalue weighted by molar-refractivity contribution is 4.82. The molecule has 3 N–H and O–H groups in total. The van der Waals surface area contributed by atoms with Gasteiger partial charge in [0.2, 0.25) is 0 Å². The van der Waals surface area contributed by atoms with Gasteiger partial charge in [0, 0.05) is 5.54 Å². The van der Waals surface area contributed by atoms with E-state index in [0.717, 1.165) is 24.7 Å². The van der Waals surface area contributed by atoms with Gasteiger partial charge in [0.25, 0.3) is 0 Å². The lowest BCUT2D eigenvalue weighted by Gasteiger charge is -2.35. The second-order valence-electron chi connectivity index (χ2n) is 6.35.